The first-order valence-corrected chi connectivity index (χ1v) is 8.20. The molecule has 2 aromatic carbocycles. The molecule has 2 rings (SSSR count). The normalized spacial score (nSPS) is 11.7. The molecule has 6 heteroatoms. The molecule has 0 heterocycles. The molecule has 0 spiro atoms. The summed E-state index contributed by atoms with van der Waals surface area (Å²) in [4.78, 5) is 26.1. The topological polar surface area (TPSA) is 73.5 Å². The van der Waals surface area contributed by atoms with E-state index < -0.39 is 0 Å². The first-order chi connectivity index (χ1) is 12.0. The molecule has 132 valence electrons. The number of carbonyl (C=O) groups excluding carboxylic acids is 2. The summed E-state index contributed by atoms with van der Waals surface area (Å²) in [6, 6.07) is 15.7. The number of nitrogens with zero attached hydrogens (tertiary/aromatic N) is 1. The molecule has 0 unspecified atom stereocenters. The van der Waals surface area contributed by atoms with Crippen LogP contribution < -0.4 is 16.0 Å². The van der Waals surface area contributed by atoms with Crippen molar-refractivity contribution in [3.05, 3.63) is 54.6 Å². The summed E-state index contributed by atoms with van der Waals surface area (Å²) < 4.78 is 0. The highest BCUT2D eigenvalue weighted by Gasteiger charge is 2.18. The smallest absolute Gasteiger partial charge is 0.323 e. The second-order valence-electron chi connectivity index (χ2n) is 5.90. The number of anilines is 3. The number of rotatable bonds is 6. The van der Waals surface area contributed by atoms with Crippen molar-refractivity contribution in [2.24, 2.45) is 0 Å². The summed E-state index contributed by atoms with van der Waals surface area (Å²) in [5.74, 6) is -0.0463. The van der Waals surface area contributed by atoms with E-state index in [1.54, 1.807) is 24.3 Å². The van der Waals surface area contributed by atoms with Gasteiger partial charge in [-0.3, -0.25) is 9.69 Å². The van der Waals surface area contributed by atoms with Gasteiger partial charge in [0, 0.05) is 17.1 Å². The highest BCUT2D eigenvalue weighted by molar-refractivity contribution is 6.00. The highest BCUT2D eigenvalue weighted by Crippen LogP contribution is 2.15. The number of hydrogen-bond donors (Lipinski definition) is 3. The Bertz CT molecular complexity index is 699. The number of para-hydroxylation sites is 1. The quantitative estimate of drug-likeness (QED) is 0.752. The summed E-state index contributed by atoms with van der Waals surface area (Å²) in [5, 5.41) is 8.38. The van der Waals surface area contributed by atoms with Crippen molar-refractivity contribution in [1.82, 2.24) is 4.90 Å². The number of carbonyl (C=O) groups is 2. The minimum atomic E-state index is -0.318. The van der Waals surface area contributed by atoms with Crippen molar-refractivity contribution in [2.45, 2.75) is 19.4 Å². The predicted octanol–water partition coefficient (Wildman–Crippen LogP) is 3.61. The van der Waals surface area contributed by atoms with E-state index in [0.717, 1.165) is 12.1 Å². The number of likely N-dealkylation sites (N-methyl/N-ethyl adjacent to an activating group) is 1. The van der Waals surface area contributed by atoms with Gasteiger partial charge in [0.1, 0.15) is 0 Å². The highest BCUT2D eigenvalue weighted by atomic mass is 16.2. The summed E-state index contributed by atoms with van der Waals surface area (Å²) in [6.45, 7) is 1.97. The SMILES string of the molecule is CC[C@@H](C(=O)Nc1ccc(NC(=O)Nc2ccccc2)cc1)N(C)C. The lowest BCUT2D eigenvalue weighted by atomic mass is 10.2. The molecule has 6 nitrogen and oxygen atoms in total. The van der Waals surface area contributed by atoms with Gasteiger partial charge >= 0.3 is 6.03 Å². The summed E-state index contributed by atoms with van der Waals surface area (Å²) in [6.07, 6.45) is 0.734. The first kappa shape index (κ1) is 18.5. The molecule has 25 heavy (non-hydrogen) atoms. The number of nitrogens with one attached hydrogen (secondary N) is 3. The van der Waals surface area contributed by atoms with Gasteiger partial charge in [-0.1, -0.05) is 25.1 Å². The van der Waals surface area contributed by atoms with Gasteiger partial charge in [0.2, 0.25) is 5.91 Å². The van der Waals surface area contributed by atoms with E-state index >= 15 is 0 Å². The van der Waals surface area contributed by atoms with E-state index in [-0.39, 0.29) is 18.0 Å². The minimum Gasteiger partial charge on any atom is -0.325 e. The third-order valence-corrected chi connectivity index (χ3v) is 3.75. The van der Waals surface area contributed by atoms with Crippen LogP contribution >= 0.6 is 0 Å². The molecule has 3 N–H and O–H groups in total. The Hall–Kier alpha value is -2.86. The number of amides is 3. The average molecular weight is 340 g/mol. The Morgan fingerprint density at radius 1 is 0.840 bits per heavy atom. The van der Waals surface area contributed by atoms with Crippen LogP contribution in [0.1, 0.15) is 13.3 Å². The fourth-order valence-electron chi connectivity index (χ4n) is 2.46. The van der Waals surface area contributed by atoms with Gasteiger partial charge in [0.25, 0.3) is 0 Å². The third kappa shape index (κ3) is 5.61. The number of urea groups is 1. The van der Waals surface area contributed by atoms with Crippen LogP contribution in [-0.2, 0) is 4.79 Å². The second-order valence-corrected chi connectivity index (χ2v) is 5.90. The summed E-state index contributed by atoms with van der Waals surface area (Å²) in [5.41, 5.74) is 2.06. The van der Waals surface area contributed by atoms with E-state index in [4.69, 9.17) is 0 Å². The number of hydrogen-bond acceptors (Lipinski definition) is 3. The molecule has 0 saturated carbocycles. The average Bonchev–Trinajstić information content (AvgIpc) is 2.57. The van der Waals surface area contributed by atoms with Gasteiger partial charge in [-0.05, 0) is 56.9 Å². The maximum Gasteiger partial charge on any atom is 0.323 e. The van der Waals surface area contributed by atoms with Crippen LogP contribution in [0.2, 0.25) is 0 Å². The molecule has 0 aromatic heterocycles. The van der Waals surface area contributed by atoms with E-state index in [2.05, 4.69) is 16.0 Å². The van der Waals surface area contributed by atoms with Crippen LogP contribution in [0.25, 0.3) is 0 Å². The molecule has 2 aromatic rings. The Kier molecular flexibility index (Phi) is 6.54. The van der Waals surface area contributed by atoms with Crippen LogP contribution in [0.4, 0.5) is 21.9 Å². The zero-order valence-electron chi connectivity index (χ0n) is 14.7. The molecule has 0 saturated heterocycles. The van der Waals surface area contributed by atoms with Crippen molar-refractivity contribution >= 4 is 29.0 Å². The van der Waals surface area contributed by atoms with E-state index in [9.17, 15) is 9.59 Å². The van der Waals surface area contributed by atoms with Crippen LogP contribution in [0.15, 0.2) is 54.6 Å². The zero-order chi connectivity index (χ0) is 18.2. The van der Waals surface area contributed by atoms with Gasteiger partial charge in [0.15, 0.2) is 0 Å². The molecule has 1 atom stereocenters. The van der Waals surface area contributed by atoms with E-state index in [0.29, 0.717) is 11.4 Å². The van der Waals surface area contributed by atoms with Gasteiger partial charge < -0.3 is 16.0 Å². The minimum absolute atomic E-state index is 0.0463. The van der Waals surface area contributed by atoms with Crippen molar-refractivity contribution < 1.29 is 9.59 Å². The zero-order valence-corrected chi connectivity index (χ0v) is 14.7. The lowest BCUT2D eigenvalue weighted by Crippen LogP contribution is -2.39. The molecule has 0 fully saturated rings. The fourth-order valence-corrected chi connectivity index (χ4v) is 2.46. The van der Waals surface area contributed by atoms with E-state index in [1.165, 1.54) is 0 Å². The van der Waals surface area contributed by atoms with Gasteiger partial charge in [0.05, 0.1) is 6.04 Å². The second kappa shape index (κ2) is 8.84. The van der Waals surface area contributed by atoms with Gasteiger partial charge in [-0.15, -0.1) is 0 Å². The molecular weight excluding hydrogens is 316 g/mol. The molecule has 0 bridgehead atoms. The molecule has 0 aliphatic rings. The van der Waals surface area contributed by atoms with Crippen molar-refractivity contribution in [2.75, 3.05) is 30.0 Å². The Labute approximate surface area is 148 Å². The van der Waals surface area contributed by atoms with Gasteiger partial charge in [-0.25, -0.2) is 4.79 Å². The van der Waals surface area contributed by atoms with Crippen molar-refractivity contribution in [3.8, 4) is 0 Å². The lowest BCUT2D eigenvalue weighted by Gasteiger charge is -2.21. The first-order valence-electron chi connectivity index (χ1n) is 8.20. The number of benzene rings is 2. The largest absolute Gasteiger partial charge is 0.325 e. The molecular formula is C19H24N4O2. The van der Waals surface area contributed by atoms with Gasteiger partial charge in [-0.2, -0.15) is 0 Å². The molecule has 0 aliphatic heterocycles. The van der Waals surface area contributed by atoms with Crippen molar-refractivity contribution in [1.29, 1.82) is 0 Å². The van der Waals surface area contributed by atoms with E-state index in [1.807, 2.05) is 56.3 Å². The Morgan fingerprint density at radius 3 is 1.80 bits per heavy atom. The third-order valence-electron chi connectivity index (χ3n) is 3.75. The summed E-state index contributed by atoms with van der Waals surface area (Å²) >= 11 is 0. The Morgan fingerprint density at radius 2 is 1.32 bits per heavy atom. The molecule has 0 radical (unpaired) electrons. The van der Waals surface area contributed by atoms with Crippen molar-refractivity contribution in [3.63, 3.8) is 0 Å². The fraction of sp³-hybridized carbons (Fsp3) is 0.263. The van der Waals surface area contributed by atoms with Crippen LogP contribution in [0.5, 0.6) is 0 Å². The monoisotopic (exact) mass is 340 g/mol. The predicted molar refractivity (Wildman–Crippen MR) is 102 cm³/mol. The van der Waals surface area contributed by atoms with Crippen LogP contribution in [0, 0.1) is 0 Å². The van der Waals surface area contributed by atoms with Crippen LogP contribution in [-0.4, -0.2) is 37.0 Å². The lowest BCUT2D eigenvalue weighted by molar-refractivity contribution is -0.120. The summed E-state index contributed by atoms with van der Waals surface area (Å²) in [7, 11) is 3.76. The molecule has 3 amide bonds. The maximum atomic E-state index is 12.2. The standard InChI is InChI=1S/C19H24N4O2/c1-4-17(23(2)3)18(24)20-15-10-12-16(13-11-15)22-19(25)21-14-8-6-5-7-9-14/h5-13,17H,4H2,1-3H3,(H,20,24)(H2,21,22,25)/t17-/m0/s1. The molecule has 0 aliphatic carbocycles. The maximum absolute atomic E-state index is 12.2. The van der Waals surface area contributed by atoms with Crippen LogP contribution in [0.3, 0.4) is 0 Å². The Balaban J connectivity index is 1.91.